The predicted molar refractivity (Wildman–Crippen MR) is 80.3 cm³/mol. The number of hydrogen-bond acceptors (Lipinski definition) is 3. The van der Waals surface area contributed by atoms with Gasteiger partial charge in [0.05, 0.1) is 6.61 Å². The van der Waals surface area contributed by atoms with Crippen molar-refractivity contribution in [3.63, 3.8) is 0 Å². The second-order valence-electron chi connectivity index (χ2n) is 7.04. The highest BCUT2D eigenvalue weighted by molar-refractivity contribution is 4.99. The third-order valence-corrected chi connectivity index (χ3v) is 4.73. The molecule has 0 bridgehead atoms. The van der Waals surface area contributed by atoms with Crippen LogP contribution in [-0.2, 0) is 0 Å². The van der Waals surface area contributed by atoms with E-state index in [9.17, 15) is 5.11 Å². The molecule has 2 fully saturated rings. The van der Waals surface area contributed by atoms with E-state index >= 15 is 0 Å². The van der Waals surface area contributed by atoms with E-state index in [0.29, 0.717) is 6.04 Å². The van der Waals surface area contributed by atoms with Gasteiger partial charge in [-0.15, -0.1) is 0 Å². The minimum atomic E-state index is -0.0121. The van der Waals surface area contributed by atoms with Crippen LogP contribution >= 0.6 is 0 Å². The summed E-state index contributed by atoms with van der Waals surface area (Å²) in [4.78, 5) is 2.76. The van der Waals surface area contributed by atoms with Gasteiger partial charge in [-0.1, -0.05) is 20.8 Å². The van der Waals surface area contributed by atoms with Crippen molar-refractivity contribution in [3.8, 4) is 0 Å². The fourth-order valence-corrected chi connectivity index (χ4v) is 3.77. The molecule has 0 aromatic rings. The van der Waals surface area contributed by atoms with E-state index < -0.39 is 0 Å². The van der Waals surface area contributed by atoms with Crippen molar-refractivity contribution in [3.05, 3.63) is 0 Å². The van der Waals surface area contributed by atoms with Crippen LogP contribution in [0.4, 0.5) is 0 Å². The molecule has 0 aliphatic heterocycles. The molecule has 0 radical (unpaired) electrons. The molecule has 112 valence electrons. The van der Waals surface area contributed by atoms with E-state index in [1.807, 2.05) is 0 Å². The van der Waals surface area contributed by atoms with E-state index in [2.05, 4.69) is 31.0 Å². The van der Waals surface area contributed by atoms with Gasteiger partial charge in [0.15, 0.2) is 0 Å². The molecule has 19 heavy (non-hydrogen) atoms. The third-order valence-electron chi connectivity index (χ3n) is 4.73. The lowest BCUT2D eigenvalue weighted by atomic mass is 9.78. The van der Waals surface area contributed by atoms with Gasteiger partial charge in [0.1, 0.15) is 0 Å². The number of aliphatic hydroxyl groups is 1. The summed E-state index contributed by atoms with van der Waals surface area (Å²) < 4.78 is 0. The summed E-state index contributed by atoms with van der Waals surface area (Å²) in [7, 11) is 0. The van der Waals surface area contributed by atoms with Gasteiger partial charge in [0, 0.05) is 24.2 Å². The maximum atomic E-state index is 9.83. The molecule has 3 heteroatoms. The number of hydrogen-bond donors (Lipinski definition) is 2. The quantitative estimate of drug-likeness (QED) is 0.744. The molecule has 3 nitrogen and oxygen atoms in total. The Kier molecular flexibility index (Phi) is 5.27. The summed E-state index contributed by atoms with van der Waals surface area (Å²) in [5.41, 5.74) is -0.0121. The van der Waals surface area contributed by atoms with Gasteiger partial charge in [-0.05, 0) is 51.0 Å². The Hall–Kier alpha value is -0.120. The lowest BCUT2D eigenvalue weighted by Crippen LogP contribution is -2.56. The fourth-order valence-electron chi connectivity index (χ4n) is 3.77. The van der Waals surface area contributed by atoms with Gasteiger partial charge < -0.3 is 10.4 Å². The second-order valence-corrected chi connectivity index (χ2v) is 7.04. The smallest absolute Gasteiger partial charge is 0.0613 e. The number of likely N-dealkylation sites (N-methyl/N-ethyl adjacent to an activating group) is 1. The molecular weight excluding hydrogens is 236 g/mol. The van der Waals surface area contributed by atoms with Crippen LogP contribution in [0.2, 0.25) is 0 Å². The van der Waals surface area contributed by atoms with E-state index in [1.165, 1.54) is 32.2 Å². The molecule has 0 spiro atoms. The Labute approximate surface area is 118 Å². The Bertz CT molecular complexity index is 274. The van der Waals surface area contributed by atoms with Gasteiger partial charge in [-0.3, -0.25) is 4.90 Å². The van der Waals surface area contributed by atoms with Crippen molar-refractivity contribution in [1.29, 1.82) is 0 Å². The molecule has 0 heterocycles. The summed E-state index contributed by atoms with van der Waals surface area (Å²) in [6.45, 7) is 9.26. The van der Waals surface area contributed by atoms with Gasteiger partial charge in [0.2, 0.25) is 0 Å². The summed E-state index contributed by atoms with van der Waals surface area (Å²) >= 11 is 0. The first kappa shape index (κ1) is 15.3. The van der Waals surface area contributed by atoms with Crippen molar-refractivity contribution in [2.24, 2.45) is 5.92 Å². The lowest BCUT2D eigenvalue weighted by molar-refractivity contribution is 0.0509. The normalized spacial score (nSPS) is 32.2. The van der Waals surface area contributed by atoms with Crippen LogP contribution < -0.4 is 5.32 Å². The van der Waals surface area contributed by atoms with Crippen LogP contribution in [0, 0.1) is 5.92 Å². The third kappa shape index (κ3) is 3.93. The molecule has 0 aromatic heterocycles. The Morgan fingerprint density at radius 2 is 2.00 bits per heavy atom. The Balaban J connectivity index is 2.01. The average Bonchev–Trinajstić information content (AvgIpc) is 3.20. The molecule has 0 amide bonds. The SMILES string of the molecule is CCNC1(CO)CCCC(N(CC(C)C)C2CC2)C1. The van der Waals surface area contributed by atoms with E-state index in [4.69, 9.17) is 0 Å². The Morgan fingerprint density at radius 1 is 1.26 bits per heavy atom. The first-order valence-electron chi connectivity index (χ1n) is 8.22. The molecule has 2 aliphatic rings. The standard InChI is InChI=1S/C16H32N2O/c1-4-17-16(12-19)9-5-6-15(10-16)18(11-13(2)3)14-7-8-14/h13-15,17,19H,4-12H2,1-3H3. The molecule has 2 atom stereocenters. The zero-order valence-corrected chi connectivity index (χ0v) is 13.0. The molecule has 2 saturated carbocycles. The monoisotopic (exact) mass is 268 g/mol. The highest BCUT2D eigenvalue weighted by atomic mass is 16.3. The van der Waals surface area contributed by atoms with Crippen LogP contribution in [0.15, 0.2) is 0 Å². The topological polar surface area (TPSA) is 35.5 Å². The lowest BCUT2D eigenvalue weighted by Gasteiger charge is -2.45. The van der Waals surface area contributed by atoms with Crippen molar-refractivity contribution in [2.45, 2.75) is 76.9 Å². The highest BCUT2D eigenvalue weighted by Crippen LogP contribution is 2.37. The van der Waals surface area contributed by atoms with Crippen molar-refractivity contribution in [2.75, 3.05) is 19.7 Å². The highest BCUT2D eigenvalue weighted by Gasteiger charge is 2.41. The van der Waals surface area contributed by atoms with Crippen molar-refractivity contribution >= 4 is 0 Å². The first-order chi connectivity index (χ1) is 9.10. The molecule has 2 rings (SSSR count). The largest absolute Gasteiger partial charge is 0.394 e. The zero-order valence-electron chi connectivity index (χ0n) is 13.0. The van der Waals surface area contributed by atoms with Crippen molar-refractivity contribution in [1.82, 2.24) is 10.2 Å². The van der Waals surface area contributed by atoms with Gasteiger partial charge in [0.25, 0.3) is 0 Å². The molecular formula is C16H32N2O. The van der Waals surface area contributed by atoms with E-state index in [1.54, 1.807) is 0 Å². The van der Waals surface area contributed by atoms with Crippen LogP contribution in [-0.4, -0.2) is 47.3 Å². The molecule has 0 saturated heterocycles. The summed E-state index contributed by atoms with van der Waals surface area (Å²) in [6, 6.07) is 1.51. The number of nitrogens with zero attached hydrogens (tertiary/aromatic N) is 1. The average molecular weight is 268 g/mol. The number of rotatable bonds is 7. The summed E-state index contributed by atoms with van der Waals surface area (Å²) in [6.07, 6.45) is 7.59. The first-order valence-corrected chi connectivity index (χ1v) is 8.22. The maximum Gasteiger partial charge on any atom is 0.0613 e. The minimum Gasteiger partial charge on any atom is -0.394 e. The summed E-state index contributed by atoms with van der Waals surface area (Å²) in [5.74, 6) is 0.741. The van der Waals surface area contributed by atoms with E-state index in [0.717, 1.165) is 31.3 Å². The second kappa shape index (κ2) is 6.55. The summed E-state index contributed by atoms with van der Waals surface area (Å²) in [5, 5.41) is 13.4. The van der Waals surface area contributed by atoms with Crippen LogP contribution in [0.3, 0.4) is 0 Å². The minimum absolute atomic E-state index is 0.0121. The Morgan fingerprint density at radius 3 is 2.53 bits per heavy atom. The predicted octanol–water partition coefficient (Wildman–Crippen LogP) is 2.39. The van der Waals surface area contributed by atoms with Crippen LogP contribution in [0.25, 0.3) is 0 Å². The van der Waals surface area contributed by atoms with Gasteiger partial charge >= 0.3 is 0 Å². The van der Waals surface area contributed by atoms with Crippen LogP contribution in [0.5, 0.6) is 0 Å². The van der Waals surface area contributed by atoms with Crippen LogP contribution in [0.1, 0.15) is 59.3 Å². The van der Waals surface area contributed by atoms with E-state index in [-0.39, 0.29) is 12.1 Å². The van der Waals surface area contributed by atoms with Gasteiger partial charge in [-0.25, -0.2) is 0 Å². The maximum absolute atomic E-state index is 9.83. The molecule has 2 aliphatic carbocycles. The molecule has 0 aromatic carbocycles. The molecule has 2 unspecified atom stereocenters. The zero-order chi connectivity index (χ0) is 13.9. The number of nitrogens with one attached hydrogen (secondary N) is 1. The molecule has 2 N–H and O–H groups in total. The van der Waals surface area contributed by atoms with Gasteiger partial charge in [-0.2, -0.15) is 0 Å². The number of aliphatic hydroxyl groups excluding tert-OH is 1. The van der Waals surface area contributed by atoms with Crippen molar-refractivity contribution < 1.29 is 5.11 Å². The fraction of sp³-hybridized carbons (Fsp3) is 1.00.